The zero-order valence-corrected chi connectivity index (χ0v) is 11.7. The Kier molecular flexibility index (Phi) is 4.03. The van der Waals surface area contributed by atoms with E-state index in [4.69, 9.17) is 0 Å². The molecular weight excluding hydrogens is 232 g/mol. The third-order valence-corrected chi connectivity index (χ3v) is 4.52. The van der Waals surface area contributed by atoms with Gasteiger partial charge in [-0.25, -0.2) is 0 Å². The molecule has 0 amide bonds. The summed E-state index contributed by atoms with van der Waals surface area (Å²) in [7, 11) is 0. The molecule has 0 aliphatic heterocycles. The zero-order chi connectivity index (χ0) is 13.1. The molecule has 1 N–H and O–H groups in total. The van der Waals surface area contributed by atoms with Gasteiger partial charge in [0.05, 0.1) is 6.10 Å². The molecule has 0 spiro atoms. The molecular formula is C18H24O. The van der Waals surface area contributed by atoms with E-state index in [9.17, 15) is 5.11 Å². The van der Waals surface area contributed by atoms with Crippen molar-refractivity contribution >= 4 is 0 Å². The first-order valence-electron chi connectivity index (χ1n) is 7.78. The van der Waals surface area contributed by atoms with Crippen molar-refractivity contribution in [2.45, 2.75) is 63.9 Å². The van der Waals surface area contributed by atoms with Gasteiger partial charge in [0.15, 0.2) is 0 Å². The van der Waals surface area contributed by atoms with Crippen LogP contribution in [0.4, 0.5) is 0 Å². The third kappa shape index (κ3) is 3.27. The molecule has 2 aliphatic carbocycles. The molecule has 0 saturated heterocycles. The maximum atomic E-state index is 10.3. The highest BCUT2D eigenvalue weighted by Gasteiger charge is 2.14. The summed E-state index contributed by atoms with van der Waals surface area (Å²) in [6, 6.07) is 6.80. The maximum Gasteiger partial charge on any atom is 0.0617 e. The van der Waals surface area contributed by atoms with Crippen molar-refractivity contribution in [3.63, 3.8) is 0 Å². The standard InChI is InChI=1S/C18H24O/c19-18(12-14-5-2-1-3-6-14)13-15-9-10-16-7-4-8-17(16)11-15/h5,9-11,18-19H,1-4,6-8,12-13H2. The van der Waals surface area contributed by atoms with Crippen LogP contribution in [0.5, 0.6) is 0 Å². The smallest absolute Gasteiger partial charge is 0.0617 e. The molecule has 0 radical (unpaired) electrons. The Morgan fingerprint density at radius 1 is 0.947 bits per heavy atom. The van der Waals surface area contributed by atoms with Crippen LogP contribution in [0.2, 0.25) is 0 Å². The van der Waals surface area contributed by atoms with E-state index in [0.717, 1.165) is 12.8 Å². The molecule has 102 valence electrons. The van der Waals surface area contributed by atoms with Gasteiger partial charge in [0.2, 0.25) is 0 Å². The number of allylic oxidation sites excluding steroid dienone is 1. The number of aliphatic hydroxyl groups excluding tert-OH is 1. The summed E-state index contributed by atoms with van der Waals surface area (Å²) < 4.78 is 0. The van der Waals surface area contributed by atoms with Gasteiger partial charge < -0.3 is 5.11 Å². The Balaban J connectivity index is 1.59. The lowest BCUT2D eigenvalue weighted by Gasteiger charge is -2.17. The van der Waals surface area contributed by atoms with Crippen LogP contribution >= 0.6 is 0 Å². The molecule has 0 fully saturated rings. The predicted octanol–water partition coefficient (Wildman–Crippen LogP) is 3.97. The zero-order valence-electron chi connectivity index (χ0n) is 11.7. The van der Waals surface area contributed by atoms with E-state index in [-0.39, 0.29) is 6.10 Å². The summed E-state index contributed by atoms with van der Waals surface area (Å²) in [5, 5.41) is 10.3. The van der Waals surface area contributed by atoms with Crippen molar-refractivity contribution in [2.75, 3.05) is 0 Å². The predicted molar refractivity (Wildman–Crippen MR) is 79.3 cm³/mol. The van der Waals surface area contributed by atoms with Gasteiger partial charge in [-0.1, -0.05) is 29.8 Å². The van der Waals surface area contributed by atoms with Crippen LogP contribution in [0, 0.1) is 0 Å². The number of hydrogen-bond acceptors (Lipinski definition) is 1. The highest BCUT2D eigenvalue weighted by Crippen LogP contribution is 2.25. The molecule has 1 unspecified atom stereocenters. The molecule has 1 atom stereocenters. The highest BCUT2D eigenvalue weighted by molar-refractivity contribution is 5.35. The number of benzene rings is 1. The lowest BCUT2D eigenvalue weighted by atomic mass is 9.92. The van der Waals surface area contributed by atoms with Crippen molar-refractivity contribution < 1.29 is 5.11 Å². The van der Waals surface area contributed by atoms with Crippen LogP contribution in [-0.2, 0) is 19.3 Å². The second-order valence-electron chi connectivity index (χ2n) is 6.13. The number of hydrogen-bond donors (Lipinski definition) is 1. The van der Waals surface area contributed by atoms with Gasteiger partial charge in [-0.2, -0.15) is 0 Å². The molecule has 1 nitrogen and oxygen atoms in total. The van der Waals surface area contributed by atoms with Gasteiger partial charge in [0.25, 0.3) is 0 Å². The molecule has 2 aliphatic rings. The average molecular weight is 256 g/mol. The molecule has 0 aromatic heterocycles. The van der Waals surface area contributed by atoms with Crippen molar-refractivity contribution in [2.24, 2.45) is 0 Å². The summed E-state index contributed by atoms with van der Waals surface area (Å²) in [5.74, 6) is 0. The number of rotatable bonds is 4. The first-order valence-corrected chi connectivity index (χ1v) is 7.78. The van der Waals surface area contributed by atoms with Crippen molar-refractivity contribution in [1.29, 1.82) is 0 Å². The second-order valence-corrected chi connectivity index (χ2v) is 6.13. The summed E-state index contributed by atoms with van der Waals surface area (Å²) in [4.78, 5) is 0. The third-order valence-electron chi connectivity index (χ3n) is 4.52. The van der Waals surface area contributed by atoms with Crippen molar-refractivity contribution in [1.82, 2.24) is 0 Å². The van der Waals surface area contributed by atoms with Gasteiger partial charge in [-0.15, -0.1) is 0 Å². The molecule has 1 heteroatoms. The fourth-order valence-electron chi connectivity index (χ4n) is 3.49. The normalized spacial score (nSPS) is 19.9. The van der Waals surface area contributed by atoms with Gasteiger partial charge in [-0.05, 0) is 74.5 Å². The largest absolute Gasteiger partial charge is 0.392 e. The minimum absolute atomic E-state index is 0.205. The molecule has 0 saturated carbocycles. The van der Waals surface area contributed by atoms with E-state index < -0.39 is 0 Å². The van der Waals surface area contributed by atoms with E-state index in [2.05, 4.69) is 24.3 Å². The molecule has 1 aromatic rings. The van der Waals surface area contributed by atoms with Crippen LogP contribution in [-0.4, -0.2) is 11.2 Å². The monoisotopic (exact) mass is 256 g/mol. The molecule has 1 aromatic carbocycles. The van der Waals surface area contributed by atoms with E-state index in [1.807, 2.05) is 0 Å². The first-order chi connectivity index (χ1) is 9.31. The Bertz CT molecular complexity index is 473. The van der Waals surface area contributed by atoms with Crippen molar-refractivity contribution in [3.05, 3.63) is 46.5 Å². The quantitative estimate of drug-likeness (QED) is 0.808. The van der Waals surface area contributed by atoms with E-state index in [1.54, 1.807) is 0 Å². The number of aliphatic hydroxyl groups is 1. The van der Waals surface area contributed by atoms with E-state index in [0.29, 0.717) is 0 Å². The Labute approximate surface area is 116 Å². The minimum atomic E-state index is -0.205. The second kappa shape index (κ2) is 5.92. The van der Waals surface area contributed by atoms with E-state index >= 15 is 0 Å². The van der Waals surface area contributed by atoms with Crippen LogP contribution in [0.1, 0.15) is 55.2 Å². The highest BCUT2D eigenvalue weighted by atomic mass is 16.3. The SMILES string of the molecule is OC(CC1=CCCCC1)Cc1ccc2c(c1)CCC2. The topological polar surface area (TPSA) is 20.2 Å². The maximum absolute atomic E-state index is 10.3. The van der Waals surface area contributed by atoms with Gasteiger partial charge in [-0.3, -0.25) is 0 Å². The summed E-state index contributed by atoms with van der Waals surface area (Å²) >= 11 is 0. The molecule has 19 heavy (non-hydrogen) atoms. The van der Waals surface area contributed by atoms with Crippen LogP contribution in [0.25, 0.3) is 0 Å². The summed E-state index contributed by atoms with van der Waals surface area (Å²) in [6.07, 6.45) is 12.6. The van der Waals surface area contributed by atoms with Crippen LogP contribution < -0.4 is 0 Å². The first kappa shape index (κ1) is 12.9. The fourth-order valence-corrected chi connectivity index (χ4v) is 3.49. The number of aryl methyl sites for hydroxylation is 2. The van der Waals surface area contributed by atoms with Gasteiger partial charge >= 0.3 is 0 Å². The Morgan fingerprint density at radius 2 is 1.84 bits per heavy atom. The average Bonchev–Trinajstić information content (AvgIpc) is 2.87. The lowest BCUT2D eigenvalue weighted by Crippen LogP contribution is -2.12. The Hall–Kier alpha value is -1.08. The van der Waals surface area contributed by atoms with Crippen molar-refractivity contribution in [3.8, 4) is 0 Å². The molecule has 0 bridgehead atoms. The van der Waals surface area contributed by atoms with E-state index in [1.165, 1.54) is 67.2 Å². The fraction of sp³-hybridized carbons (Fsp3) is 0.556. The van der Waals surface area contributed by atoms with Crippen LogP contribution in [0.15, 0.2) is 29.8 Å². The molecule has 3 rings (SSSR count). The lowest BCUT2D eigenvalue weighted by molar-refractivity contribution is 0.173. The minimum Gasteiger partial charge on any atom is -0.392 e. The Morgan fingerprint density at radius 3 is 2.68 bits per heavy atom. The summed E-state index contributed by atoms with van der Waals surface area (Å²) in [6.45, 7) is 0. The van der Waals surface area contributed by atoms with Gasteiger partial charge in [0.1, 0.15) is 0 Å². The van der Waals surface area contributed by atoms with Crippen LogP contribution in [0.3, 0.4) is 0 Å². The molecule has 0 heterocycles. The van der Waals surface area contributed by atoms with Gasteiger partial charge in [0, 0.05) is 0 Å². The number of fused-ring (bicyclic) bond motifs is 1. The summed E-state index contributed by atoms with van der Waals surface area (Å²) in [5.41, 5.74) is 5.82.